The van der Waals surface area contributed by atoms with Crippen LogP contribution in [0, 0.1) is 0 Å². The fourth-order valence-electron chi connectivity index (χ4n) is 2.56. The third kappa shape index (κ3) is 3.07. The Bertz CT molecular complexity index is 704. The van der Waals surface area contributed by atoms with Crippen LogP contribution in [0.4, 0.5) is 0 Å². The van der Waals surface area contributed by atoms with Crippen molar-refractivity contribution in [2.45, 2.75) is 18.9 Å². The molecule has 3 rings (SSSR count). The minimum atomic E-state index is -0.970. The van der Waals surface area contributed by atoms with Crippen molar-refractivity contribution in [3.63, 3.8) is 0 Å². The van der Waals surface area contributed by atoms with Gasteiger partial charge in [0.05, 0.1) is 22.7 Å². The Balaban J connectivity index is 1.62. The van der Waals surface area contributed by atoms with E-state index in [4.69, 9.17) is 5.11 Å². The van der Waals surface area contributed by atoms with E-state index in [0.29, 0.717) is 13.1 Å². The summed E-state index contributed by atoms with van der Waals surface area (Å²) in [5.41, 5.74) is 0.196. The predicted octanol–water partition coefficient (Wildman–Crippen LogP) is 2.88. The number of carboxylic acids is 1. The van der Waals surface area contributed by atoms with Crippen molar-refractivity contribution in [1.82, 2.24) is 14.7 Å². The summed E-state index contributed by atoms with van der Waals surface area (Å²) in [6.45, 7) is 1.31. The lowest BCUT2D eigenvalue weighted by Crippen LogP contribution is -2.38. The number of thiophene rings is 1. The highest BCUT2D eigenvalue weighted by Gasteiger charge is 2.26. The molecule has 1 aliphatic rings. The van der Waals surface area contributed by atoms with Crippen molar-refractivity contribution in [3.05, 3.63) is 38.8 Å². The molecule has 0 saturated carbocycles. The molecule has 6 nitrogen and oxygen atoms in total. The molecule has 1 amide bonds. The average molecular weight is 384 g/mol. The summed E-state index contributed by atoms with van der Waals surface area (Å²) in [5, 5.41) is 15.0. The number of piperidine rings is 1. The van der Waals surface area contributed by atoms with Gasteiger partial charge in [-0.05, 0) is 34.8 Å². The van der Waals surface area contributed by atoms with Crippen LogP contribution in [0.1, 0.15) is 38.9 Å². The van der Waals surface area contributed by atoms with Gasteiger partial charge in [0.2, 0.25) is 0 Å². The van der Waals surface area contributed by atoms with Crippen molar-refractivity contribution in [2.24, 2.45) is 0 Å². The van der Waals surface area contributed by atoms with E-state index in [1.807, 2.05) is 16.3 Å². The van der Waals surface area contributed by atoms with Crippen molar-refractivity contribution in [2.75, 3.05) is 13.1 Å². The Morgan fingerprint density at radius 3 is 2.64 bits per heavy atom. The van der Waals surface area contributed by atoms with Gasteiger partial charge in [-0.3, -0.25) is 9.48 Å². The quantitative estimate of drug-likeness (QED) is 0.883. The van der Waals surface area contributed by atoms with E-state index in [1.165, 1.54) is 17.5 Å². The number of aromatic carboxylic acids is 1. The Hall–Kier alpha value is -1.67. The fraction of sp³-hybridized carbons (Fsp3) is 0.357. The van der Waals surface area contributed by atoms with E-state index in [2.05, 4.69) is 21.0 Å². The third-order valence-electron chi connectivity index (χ3n) is 3.75. The maximum atomic E-state index is 12.4. The SMILES string of the molecule is O=C(O)c1cnn(C2CCN(C(=O)c3cc(Br)cs3)CC2)c1. The largest absolute Gasteiger partial charge is 0.478 e. The summed E-state index contributed by atoms with van der Waals surface area (Å²) in [6.07, 6.45) is 4.47. The van der Waals surface area contributed by atoms with Gasteiger partial charge in [-0.15, -0.1) is 11.3 Å². The van der Waals surface area contributed by atoms with Crippen molar-refractivity contribution < 1.29 is 14.7 Å². The molecular weight excluding hydrogens is 370 g/mol. The number of halogens is 1. The maximum absolute atomic E-state index is 12.4. The van der Waals surface area contributed by atoms with Gasteiger partial charge in [-0.1, -0.05) is 0 Å². The molecule has 0 radical (unpaired) electrons. The van der Waals surface area contributed by atoms with Crippen LogP contribution in [0.2, 0.25) is 0 Å². The van der Waals surface area contributed by atoms with Crippen LogP contribution >= 0.6 is 27.3 Å². The Morgan fingerprint density at radius 1 is 1.36 bits per heavy atom. The van der Waals surface area contributed by atoms with Gasteiger partial charge in [-0.2, -0.15) is 5.10 Å². The van der Waals surface area contributed by atoms with E-state index in [9.17, 15) is 9.59 Å². The normalized spacial score (nSPS) is 16.0. The zero-order valence-electron chi connectivity index (χ0n) is 11.6. The van der Waals surface area contributed by atoms with Gasteiger partial charge in [-0.25, -0.2) is 4.79 Å². The molecule has 22 heavy (non-hydrogen) atoms. The molecule has 0 bridgehead atoms. The molecule has 0 unspecified atom stereocenters. The van der Waals surface area contributed by atoms with Crippen LogP contribution in [0.5, 0.6) is 0 Å². The molecule has 116 valence electrons. The van der Waals surface area contributed by atoms with E-state index in [-0.39, 0.29) is 17.5 Å². The predicted molar refractivity (Wildman–Crippen MR) is 85.4 cm³/mol. The summed E-state index contributed by atoms with van der Waals surface area (Å²) in [6, 6.07) is 1.98. The van der Waals surface area contributed by atoms with E-state index < -0.39 is 5.97 Å². The number of amides is 1. The van der Waals surface area contributed by atoms with E-state index in [0.717, 1.165) is 22.2 Å². The van der Waals surface area contributed by atoms with Crippen LogP contribution in [0.15, 0.2) is 28.3 Å². The minimum Gasteiger partial charge on any atom is -0.478 e. The highest BCUT2D eigenvalue weighted by Crippen LogP contribution is 2.26. The Morgan fingerprint density at radius 2 is 2.09 bits per heavy atom. The molecule has 0 aromatic carbocycles. The first-order chi connectivity index (χ1) is 10.5. The number of carboxylic acid groups (broad SMARTS) is 1. The topological polar surface area (TPSA) is 75.4 Å². The van der Waals surface area contributed by atoms with Crippen molar-refractivity contribution >= 4 is 39.1 Å². The second-order valence-electron chi connectivity index (χ2n) is 5.17. The molecule has 1 N–H and O–H groups in total. The van der Waals surface area contributed by atoms with Crippen LogP contribution in [-0.2, 0) is 0 Å². The number of nitrogens with zero attached hydrogens (tertiary/aromatic N) is 3. The zero-order chi connectivity index (χ0) is 15.7. The van der Waals surface area contributed by atoms with E-state index >= 15 is 0 Å². The number of carbonyl (C=O) groups is 2. The number of rotatable bonds is 3. The second-order valence-corrected chi connectivity index (χ2v) is 6.99. The molecule has 2 aromatic rings. The highest BCUT2D eigenvalue weighted by atomic mass is 79.9. The summed E-state index contributed by atoms with van der Waals surface area (Å²) >= 11 is 4.79. The Labute approximate surface area is 139 Å². The number of aromatic nitrogens is 2. The van der Waals surface area contributed by atoms with Crippen molar-refractivity contribution in [3.8, 4) is 0 Å². The maximum Gasteiger partial charge on any atom is 0.338 e. The molecule has 8 heteroatoms. The summed E-state index contributed by atoms with van der Waals surface area (Å²) in [5.74, 6) is -0.914. The summed E-state index contributed by atoms with van der Waals surface area (Å²) < 4.78 is 2.63. The molecule has 0 spiro atoms. The summed E-state index contributed by atoms with van der Waals surface area (Å²) in [4.78, 5) is 25.8. The molecule has 0 aliphatic carbocycles. The average Bonchev–Trinajstić information content (AvgIpc) is 3.16. The molecule has 3 heterocycles. The first-order valence-electron chi connectivity index (χ1n) is 6.85. The zero-order valence-corrected chi connectivity index (χ0v) is 14.0. The minimum absolute atomic E-state index is 0.0563. The van der Waals surface area contributed by atoms with Gasteiger partial charge in [0.15, 0.2) is 0 Å². The van der Waals surface area contributed by atoms with Gasteiger partial charge >= 0.3 is 5.97 Å². The number of carbonyl (C=O) groups excluding carboxylic acids is 1. The molecule has 0 atom stereocenters. The lowest BCUT2D eigenvalue weighted by molar-refractivity contribution is 0.0691. The molecule has 1 aliphatic heterocycles. The van der Waals surface area contributed by atoms with Crippen LogP contribution in [-0.4, -0.2) is 44.8 Å². The van der Waals surface area contributed by atoms with Gasteiger partial charge < -0.3 is 10.0 Å². The summed E-state index contributed by atoms with van der Waals surface area (Å²) in [7, 11) is 0. The lowest BCUT2D eigenvalue weighted by Gasteiger charge is -2.31. The number of hydrogen-bond acceptors (Lipinski definition) is 4. The Kier molecular flexibility index (Phi) is 4.30. The van der Waals surface area contributed by atoms with Crippen LogP contribution in [0.25, 0.3) is 0 Å². The number of hydrogen-bond donors (Lipinski definition) is 1. The number of likely N-dealkylation sites (tertiary alicyclic amines) is 1. The smallest absolute Gasteiger partial charge is 0.338 e. The first-order valence-corrected chi connectivity index (χ1v) is 8.52. The van der Waals surface area contributed by atoms with Gasteiger partial charge in [0, 0.05) is 29.1 Å². The monoisotopic (exact) mass is 383 g/mol. The van der Waals surface area contributed by atoms with Gasteiger partial charge in [0.1, 0.15) is 0 Å². The van der Waals surface area contributed by atoms with Gasteiger partial charge in [0.25, 0.3) is 5.91 Å². The molecular formula is C14H14BrN3O3S. The first kappa shape index (κ1) is 15.2. The van der Waals surface area contributed by atoms with Crippen molar-refractivity contribution in [1.29, 1.82) is 0 Å². The molecule has 1 saturated heterocycles. The molecule has 2 aromatic heterocycles. The second kappa shape index (κ2) is 6.21. The molecule has 1 fully saturated rings. The van der Waals surface area contributed by atoms with Crippen LogP contribution in [0.3, 0.4) is 0 Å². The van der Waals surface area contributed by atoms with Crippen LogP contribution < -0.4 is 0 Å². The highest BCUT2D eigenvalue weighted by molar-refractivity contribution is 9.10. The van der Waals surface area contributed by atoms with E-state index in [1.54, 1.807) is 10.9 Å². The third-order valence-corrected chi connectivity index (χ3v) is 5.43. The standard InChI is InChI=1S/C14H14BrN3O3S/c15-10-5-12(22-8-10)13(19)17-3-1-11(2-4-17)18-7-9(6-16-18)14(20)21/h5-8,11H,1-4H2,(H,20,21). The lowest BCUT2D eigenvalue weighted by atomic mass is 10.1. The fourth-order valence-corrected chi connectivity index (χ4v) is 3.96.